The molecule has 0 saturated heterocycles. The van der Waals surface area contributed by atoms with Crippen LogP contribution in [-0.4, -0.2) is 5.11 Å². The van der Waals surface area contributed by atoms with Crippen molar-refractivity contribution in [2.75, 3.05) is 0 Å². The summed E-state index contributed by atoms with van der Waals surface area (Å²) in [6.45, 7) is 8.43. The van der Waals surface area contributed by atoms with Gasteiger partial charge < -0.3 is 5.11 Å². The SMILES string of the molecule is Cc1ccc(C(C)(O)CCCC(C)C)cc1. The molecule has 0 aromatic heterocycles. The first-order valence-corrected chi connectivity index (χ1v) is 6.21. The van der Waals surface area contributed by atoms with Crippen LogP contribution < -0.4 is 0 Å². The van der Waals surface area contributed by atoms with Crippen LogP contribution in [0.5, 0.6) is 0 Å². The van der Waals surface area contributed by atoms with Gasteiger partial charge in [-0.2, -0.15) is 0 Å². The lowest BCUT2D eigenvalue weighted by molar-refractivity contribution is 0.0441. The monoisotopic (exact) mass is 220 g/mol. The third-order valence-corrected chi connectivity index (χ3v) is 3.12. The van der Waals surface area contributed by atoms with Gasteiger partial charge in [-0.25, -0.2) is 0 Å². The van der Waals surface area contributed by atoms with Crippen LogP contribution in [0, 0.1) is 12.8 Å². The summed E-state index contributed by atoms with van der Waals surface area (Å²) < 4.78 is 0. The summed E-state index contributed by atoms with van der Waals surface area (Å²) in [5.74, 6) is 0.716. The van der Waals surface area contributed by atoms with Gasteiger partial charge in [-0.1, -0.05) is 50.1 Å². The van der Waals surface area contributed by atoms with Gasteiger partial charge in [0.2, 0.25) is 0 Å². The lowest BCUT2D eigenvalue weighted by Crippen LogP contribution is -2.21. The van der Waals surface area contributed by atoms with Gasteiger partial charge in [-0.3, -0.25) is 0 Å². The van der Waals surface area contributed by atoms with E-state index in [-0.39, 0.29) is 0 Å². The van der Waals surface area contributed by atoms with Crippen LogP contribution in [0.1, 0.15) is 51.2 Å². The normalized spacial score (nSPS) is 15.1. The van der Waals surface area contributed by atoms with Crippen LogP contribution in [0.25, 0.3) is 0 Å². The van der Waals surface area contributed by atoms with Crippen molar-refractivity contribution in [1.29, 1.82) is 0 Å². The van der Waals surface area contributed by atoms with Crippen molar-refractivity contribution < 1.29 is 5.11 Å². The van der Waals surface area contributed by atoms with E-state index in [4.69, 9.17) is 0 Å². The first-order valence-electron chi connectivity index (χ1n) is 6.21. The van der Waals surface area contributed by atoms with Gasteiger partial charge in [0.1, 0.15) is 0 Å². The third kappa shape index (κ3) is 3.97. The Morgan fingerprint density at radius 2 is 1.75 bits per heavy atom. The zero-order valence-corrected chi connectivity index (χ0v) is 11.0. The van der Waals surface area contributed by atoms with Crippen LogP contribution in [0.2, 0.25) is 0 Å². The van der Waals surface area contributed by atoms with E-state index < -0.39 is 5.60 Å². The Morgan fingerprint density at radius 3 is 2.25 bits per heavy atom. The fraction of sp³-hybridized carbons (Fsp3) is 0.600. The van der Waals surface area contributed by atoms with E-state index >= 15 is 0 Å². The van der Waals surface area contributed by atoms with Gasteiger partial charge in [0, 0.05) is 0 Å². The molecule has 1 N–H and O–H groups in total. The van der Waals surface area contributed by atoms with Crippen molar-refractivity contribution in [3.05, 3.63) is 35.4 Å². The third-order valence-electron chi connectivity index (χ3n) is 3.12. The van der Waals surface area contributed by atoms with Gasteiger partial charge >= 0.3 is 0 Å². The second-order valence-electron chi connectivity index (χ2n) is 5.43. The first kappa shape index (κ1) is 13.2. The van der Waals surface area contributed by atoms with Crippen molar-refractivity contribution in [2.45, 2.75) is 52.6 Å². The molecule has 0 spiro atoms. The number of benzene rings is 1. The van der Waals surface area contributed by atoms with Crippen molar-refractivity contribution >= 4 is 0 Å². The molecule has 1 aromatic rings. The first-order chi connectivity index (χ1) is 7.42. The molecule has 1 unspecified atom stereocenters. The molecule has 1 rings (SSSR count). The van der Waals surface area contributed by atoms with Crippen LogP contribution in [0.4, 0.5) is 0 Å². The fourth-order valence-electron chi connectivity index (χ4n) is 1.91. The van der Waals surface area contributed by atoms with E-state index in [0.717, 1.165) is 18.4 Å². The molecule has 1 aromatic carbocycles. The topological polar surface area (TPSA) is 20.2 Å². The van der Waals surface area contributed by atoms with E-state index in [0.29, 0.717) is 5.92 Å². The van der Waals surface area contributed by atoms with E-state index in [1.165, 1.54) is 12.0 Å². The lowest BCUT2D eigenvalue weighted by atomic mass is 9.89. The molecule has 0 saturated carbocycles. The van der Waals surface area contributed by atoms with Crippen molar-refractivity contribution in [3.63, 3.8) is 0 Å². The largest absolute Gasteiger partial charge is 0.385 e. The highest BCUT2D eigenvalue weighted by molar-refractivity contribution is 5.25. The molecule has 0 heterocycles. The van der Waals surface area contributed by atoms with Gasteiger partial charge in [0.05, 0.1) is 5.60 Å². The quantitative estimate of drug-likeness (QED) is 0.794. The Kier molecular flexibility index (Phi) is 4.55. The average Bonchev–Trinajstić information content (AvgIpc) is 2.17. The van der Waals surface area contributed by atoms with E-state index in [2.05, 4.69) is 32.9 Å². The minimum absolute atomic E-state index is 0.678. The summed E-state index contributed by atoms with van der Waals surface area (Å²) in [5, 5.41) is 10.4. The van der Waals surface area contributed by atoms with Gasteiger partial charge in [0.25, 0.3) is 0 Å². The summed E-state index contributed by atoms with van der Waals surface area (Å²) in [4.78, 5) is 0. The maximum absolute atomic E-state index is 10.4. The molecule has 90 valence electrons. The Morgan fingerprint density at radius 1 is 1.19 bits per heavy atom. The van der Waals surface area contributed by atoms with Gasteiger partial charge in [-0.05, 0) is 38.2 Å². The van der Waals surface area contributed by atoms with Crippen LogP contribution in [-0.2, 0) is 5.60 Å². The van der Waals surface area contributed by atoms with Crippen molar-refractivity contribution in [2.24, 2.45) is 5.92 Å². The highest BCUT2D eigenvalue weighted by Gasteiger charge is 2.22. The molecule has 1 atom stereocenters. The summed E-state index contributed by atoms with van der Waals surface area (Å²) in [6, 6.07) is 8.19. The summed E-state index contributed by atoms with van der Waals surface area (Å²) in [6.07, 6.45) is 3.11. The average molecular weight is 220 g/mol. The zero-order valence-electron chi connectivity index (χ0n) is 11.0. The standard InChI is InChI=1S/C15H24O/c1-12(2)6-5-11-15(4,16)14-9-7-13(3)8-10-14/h7-10,12,16H,5-6,11H2,1-4H3. The predicted octanol–water partition coefficient (Wildman–Crippen LogP) is 4.03. The van der Waals surface area contributed by atoms with Crippen LogP contribution in [0.3, 0.4) is 0 Å². The molecule has 1 nitrogen and oxygen atoms in total. The number of aryl methyl sites for hydroxylation is 1. The molecule has 16 heavy (non-hydrogen) atoms. The molecule has 0 bridgehead atoms. The number of hydrogen-bond donors (Lipinski definition) is 1. The molecule has 0 fully saturated rings. The molecule has 0 radical (unpaired) electrons. The van der Waals surface area contributed by atoms with Gasteiger partial charge in [0.15, 0.2) is 0 Å². The molecule has 0 aliphatic rings. The summed E-state index contributed by atoms with van der Waals surface area (Å²) in [7, 11) is 0. The van der Waals surface area contributed by atoms with Crippen LogP contribution >= 0.6 is 0 Å². The minimum atomic E-state index is -0.678. The second kappa shape index (κ2) is 5.49. The Bertz CT molecular complexity index is 309. The summed E-state index contributed by atoms with van der Waals surface area (Å²) >= 11 is 0. The smallest absolute Gasteiger partial charge is 0.0868 e. The van der Waals surface area contributed by atoms with Crippen molar-refractivity contribution in [1.82, 2.24) is 0 Å². The zero-order chi connectivity index (χ0) is 12.2. The summed E-state index contributed by atoms with van der Waals surface area (Å²) in [5.41, 5.74) is 1.59. The minimum Gasteiger partial charge on any atom is -0.385 e. The maximum Gasteiger partial charge on any atom is 0.0868 e. The van der Waals surface area contributed by atoms with E-state index in [9.17, 15) is 5.11 Å². The maximum atomic E-state index is 10.4. The Labute approximate surface area is 99.5 Å². The highest BCUT2D eigenvalue weighted by Crippen LogP contribution is 2.27. The molecule has 0 amide bonds. The van der Waals surface area contributed by atoms with Crippen LogP contribution in [0.15, 0.2) is 24.3 Å². The highest BCUT2D eigenvalue weighted by atomic mass is 16.3. The van der Waals surface area contributed by atoms with E-state index in [1.54, 1.807) is 0 Å². The Hall–Kier alpha value is -0.820. The van der Waals surface area contributed by atoms with E-state index in [1.807, 2.05) is 19.1 Å². The molecule has 0 aliphatic heterocycles. The number of aliphatic hydroxyl groups is 1. The fourth-order valence-corrected chi connectivity index (χ4v) is 1.91. The lowest BCUT2D eigenvalue weighted by Gasteiger charge is -2.24. The molecule has 1 heteroatoms. The predicted molar refractivity (Wildman–Crippen MR) is 69.4 cm³/mol. The number of rotatable bonds is 5. The molecular weight excluding hydrogens is 196 g/mol. The second-order valence-corrected chi connectivity index (χ2v) is 5.43. The number of hydrogen-bond acceptors (Lipinski definition) is 1. The molecule has 0 aliphatic carbocycles. The van der Waals surface area contributed by atoms with Gasteiger partial charge in [-0.15, -0.1) is 0 Å². The molecular formula is C15H24O. The van der Waals surface area contributed by atoms with Crippen molar-refractivity contribution in [3.8, 4) is 0 Å². The Balaban J connectivity index is 2.59.